The molecule has 2 atom stereocenters. The monoisotopic (exact) mass is 296 g/mol. The van der Waals surface area contributed by atoms with Crippen molar-refractivity contribution in [2.24, 2.45) is 11.8 Å². The average Bonchev–Trinajstić information content (AvgIpc) is 2.34. The molecule has 0 N–H and O–H groups in total. The van der Waals surface area contributed by atoms with E-state index in [2.05, 4.69) is 54.5 Å². The topological polar surface area (TPSA) is 26.3 Å². The van der Waals surface area contributed by atoms with Crippen LogP contribution < -0.4 is 0 Å². The molecule has 0 saturated heterocycles. The Morgan fingerprint density at radius 1 is 1.15 bits per heavy atom. The molecule has 0 saturated carbocycles. The maximum atomic E-state index is 11.9. The van der Waals surface area contributed by atoms with Gasteiger partial charge in [-0.15, -0.1) is 0 Å². The number of rotatable bonds is 6. The summed E-state index contributed by atoms with van der Waals surface area (Å²) in [4.78, 5) is 11.9. The van der Waals surface area contributed by atoms with Crippen molar-refractivity contribution in [3.63, 3.8) is 0 Å². The number of hydrogen-bond acceptors (Lipinski definition) is 2. The Morgan fingerprint density at radius 2 is 1.60 bits per heavy atom. The van der Waals surface area contributed by atoms with Gasteiger partial charge in [0, 0.05) is 5.57 Å². The first-order valence-corrected chi connectivity index (χ1v) is 10.4. The van der Waals surface area contributed by atoms with Crippen LogP contribution in [0.3, 0.4) is 0 Å². The minimum absolute atomic E-state index is 0.118. The standard InChI is InChI=1S/C17H32O2Si/c1-11(2)20(12(3)4,13(5)6)10-16-14(7)9-15(16)17(18)19-8/h9,11-14,16H,10H2,1-8H3/t14-,16-/m0/s1. The zero-order valence-electron chi connectivity index (χ0n) is 14.5. The van der Waals surface area contributed by atoms with Crippen LogP contribution in [0, 0.1) is 11.8 Å². The maximum absolute atomic E-state index is 11.9. The van der Waals surface area contributed by atoms with Gasteiger partial charge in [0.15, 0.2) is 0 Å². The van der Waals surface area contributed by atoms with Gasteiger partial charge in [0.25, 0.3) is 0 Å². The summed E-state index contributed by atoms with van der Waals surface area (Å²) in [6, 6.07) is 1.22. The van der Waals surface area contributed by atoms with E-state index in [1.54, 1.807) is 0 Å². The quantitative estimate of drug-likeness (QED) is 0.507. The zero-order valence-corrected chi connectivity index (χ0v) is 15.5. The van der Waals surface area contributed by atoms with E-state index in [0.717, 1.165) is 22.2 Å². The molecule has 0 fully saturated rings. The summed E-state index contributed by atoms with van der Waals surface area (Å²) in [5.74, 6) is 0.820. The van der Waals surface area contributed by atoms with Gasteiger partial charge < -0.3 is 4.74 Å². The molecule has 0 aromatic heterocycles. The lowest BCUT2D eigenvalue weighted by atomic mass is 9.77. The molecule has 1 aliphatic carbocycles. The molecule has 0 heterocycles. The highest BCUT2D eigenvalue weighted by atomic mass is 28.3. The number of allylic oxidation sites excluding steroid dienone is 1. The third kappa shape index (κ3) is 2.88. The van der Waals surface area contributed by atoms with Crippen LogP contribution >= 0.6 is 0 Å². The van der Waals surface area contributed by atoms with Crippen molar-refractivity contribution in [2.45, 2.75) is 71.1 Å². The van der Waals surface area contributed by atoms with Crippen LogP contribution in [0.5, 0.6) is 0 Å². The summed E-state index contributed by atoms with van der Waals surface area (Å²) in [5, 5.41) is 0. The lowest BCUT2D eigenvalue weighted by Gasteiger charge is -2.48. The van der Waals surface area contributed by atoms with Crippen LogP contribution in [0.4, 0.5) is 0 Å². The van der Waals surface area contributed by atoms with E-state index in [1.165, 1.54) is 13.2 Å². The van der Waals surface area contributed by atoms with Gasteiger partial charge in [-0.1, -0.05) is 71.2 Å². The first kappa shape index (κ1) is 17.5. The van der Waals surface area contributed by atoms with Gasteiger partial charge in [0.1, 0.15) is 0 Å². The highest BCUT2D eigenvalue weighted by molar-refractivity contribution is 6.83. The van der Waals surface area contributed by atoms with Crippen LogP contribution in [-0.2, 0) is 9.53 Å². The van der Waals surface area contributed by atoms with E-state index in [9.17, 15) is 4.79 Å². The third-order valence-corrected chi connectivity index (χ3v) is 13.3. The molecule has 1 aliphatic rings. The van der Waals surface area contributed by atoms with Gasteiger partial charge in [-0.2, -0.15) is 0 Å². The number of carbonyl (C=O) groups is 1. The van der Waals surface area contributed by atoms with Gasteiger partial charge in [0.2, 0.25) is 0 Å². The van der Waals surface area contributed by atoms with Gasteiger partial charge in [0.05, 0.1) is 15.2 Å². The van der Waals surface area contributed by atoms with Gasteiger partial charge >= 0.3 is 5.97 Å². The molecule has 116 valence electrons. The Hall–Kier alpha value is -0.573. The highest BCUT2D eigenvalue weighted by Crippen LogP contribution is 2.51. The predicted molar refractivity (Wildman–Crippen MR) is 88.6 cm³/mol. The summed E-state index contributed by atoms with van der Waals surface area (Å²) < 4.78 is 4.94. The van der Waals surface area contributed by atoms with E-state index in [-0.39, 0.29) is 5.97 Å². The zero-order chi connectivity index (χ0) is 15.7. The Kier molecular flexibility index (Phi) is 5.65. The molecule has 0 amide bonds. The van der Waals surface area contributed by atoms with Crippen LogP contribution in [-0.4, -0.2) is 21.2 Å². The minimum Gasteiger partial charge on any atom is -0.466 e. The van der Waals surface area contributed by atoms with Crippen LogP contribution in [0.1, 0.15) is 48.5 Å². The Balaban J connectivity index is 3.03. The summed E-state index contributed by atoms with van der Waals surface area (Å²) in [6.45, 7) is 16.5. The predicted octanol–water partition coefficient (Wildman–Crippen LogP) is 5.03. The van der Waals surface area contributed by atoms with Gasteiger partial charge in [-0.3, -0.25) is 0 Å². The first-order chi connectivity index (χ1) is 9.18. The van der Waals surface area contributed by atoms with E-state index in [4.69, 9.17) is 4.74 Å². The van der Waals surface area contributed by atoms with Crippen molar-refractivity contribution in [1.82, 2.24) is 0 Å². The molecule has 0 aliphatic heterocycles. The molecular formula is C17H32O2Si. The summed E-state index contributed by atoms with van der Waals surface area (Å²) in [6.07, 6.45) is 2.09. The summed E-state index contributed by atoms with van der Waals surface area (Å²) in [7, 11) is 0.0361. The van der Waals surface area contributed by atoms with Crippen molar-refractivity contribution in [3.8, 4) is 0 Å². The van der Waals surface area contributed by atoms with Gasteiger partial charge in [-0.25, -0.2) is 4.79 Å². The summed E-state index contributed by atoms with van der Waals surface area (Å²) in [5.41, 5.74) is 3.16. The van der Waals surface area contributed by atoms with Crippen LogP contribution in [0.25, 0.3) is 0 Å². The van der Waals surface area contributed by atoms with Gasteiger partial charge in [-0.05, 0) is 17.9 Å². The van der Waals surface area contributed by atoms with E-state index in [1.807, 2.05) is 0 Å². The first-order valence-electron chi connectivity index (χ1n) is 7.98. The largest absolute Gasteiger partial charge is 0.466 e. The van der Waals surface area contributed by atoms with E-state index < -0.39 is 8.07 Å². The number of ether oxygens (including phenoxy) is 1. The molecule has 0 aromatic rings. The lowest BCUT2D eigenvalue weighted by molar-refractivity contribution is -0.137. The number of esters is 1. The second kappa shape index (κ2) is 6.46. The Morgan fingerprint density at radius 3 is 1.90 bits per heavy atom. The maximum Gasteiger partial charge on any atom is 0.333 e. The second-order valence-electron chi connectivity index (χ2n) is 7.36. The third-order valence-electron chi connectivity index (χ3n) is 5.70. The van der Waals surface area contributed by atoms with E-state index in [0.29, 0.717) is 11.8 Å². The number of hydrogen-bond donors (Lipinski definition) is 0. The van der Waals surface area contributed by atoms with Crippen LogP contribution in [0.2, 0.25) is 22.7 Å². The fraction of sp³-hybridized carbons (Fsp3) is 0.824. The van der Waals surface area contributed by atoms with Crippen LogP contribution in [0.15, 0.2) is 11.6 Å². The van der Waals surface area contributed by atoms with Crippen molar-refractivity contribution in [1.29, 1.82) is 0 Å². The SMILES string of the molecule is COC(=O)C1=C[C@H](C)[C@@H]1C[Si](C(C)C)(C(C)C)C(C)C. The Labute approximate surface area is 126 Å². The fourth-order valence-electron chi connectivity index (χ4n) is 4.41. The smallest absolute Gasteiger partial charge is 0.333 e. The molecule has 0 bridgehead atoms. The minimum atomic E-state index is -1.45. The molecule has 0 unspecified atom stereocenters. The summed E-state index contributed by atoms with van der Waals surface area (Å²) >= 11 is 0. The molecule has 0 aromatic carbocycles. The van der Waals surface area contributed by atoms with Crippen molar-refractivity contribution >= 4 is 14.0 Å². The number of carbonyl (C=O) groups excluding carboxylic acids is 1. The fourth-order valence-corrected chi connectivity index (χ4v) is 11.2. The molecule has 3 heteroatoms. The van der Waals surface area contributed by atoms with Crippen molar-refractivity contribution < 1.29 is 9.53 Å². The molecule has 0 radical (unpaired) electrons. The molecular weight excluding hydrogens is 264 g/mol. The second-order valence-corrected chi connectivity index (χ2v) is 13.5. The number of methoxy groups -OCH3 is 1. The molecule has 2 nitrogen and oxygen atoms in total. The molecule has 0 spiro atoms. The normalized spacial score (nSPS) is 23.1. The Bertz CT molecular complexity index is 361. The molecule has 20 heavy (non-hydrogen) atoms. The average molecular weight is 297 g/mol. The van der Waals surface area contributed by atoms with E-state index >= 15 is 0 Å². The molecule has 1 rings (SSSR count). The van der Waals surface area contributed by atoms with Crippen molar-refractivity contribution in [2.75, 3.05) is 7.11 Å². The lowest BCUT2D eigenvalue weighted by Crippen LogP contribution is -2.48. The van der Waals surface area contributed by atoms with Crippen molar-refractivity contribution in [3.05, 3.63) is 11.6 Å². The highest BCUT2D eigenvalue weighted by Gasteiger charge is 2.48.